The van der Waals surface area contributed by atoms with Crippen molar-refractivity contribution in [2.24, 2.45) is 0 Å². The molecule has 0 bridgehead atoms. The zero-order chi connectivity index (χ0) is 14.3. The summed E-state index contributed by atoms with van der Waals surface area (Å²) in [5, 5.41) is 0. The lowest BCUT2D eigenvalue weighted by molar-refractivity contribution is -0.154. The third kappa shape index (κ3) is 20.9. The molecule has 0 saturated carbocycles. The fourth-order valence-corrected chi connectivity index (χ4v) is 0.845. The summed E-state index contributed by atoms with van der Waals surface area (Å²) in [6.07, 6.45) is 0.456. The number of carbonyl (C=O) groups excluding carboxylic acids is 2. The molecule has 0 aromatic heterocycles. The first-order valence-corrected chi connectivity index (χ1v) is 5.79. The van der Waals surface area contributed by atoms with Gasteiger partial charge in [-0.3, -0.25) is 9.59 Å². The lowest BCUT2D eigenvalue weighted by Gasteiger charge is -2.18. The van der Waals surface area contributed by atoms with E-state index < -0.39 is 0 Å². The summed E-state index contributed by atoms with van der Waals surface area (Å²) in [6, 6.07) is 0. The van der Waals surface area contributed by atoms with Gasteiger partial charge in [0, 0.05) is 13.3 Å². The summed E-state index contributed by atoms with van der Waals surface area (Å²) in [4.78, 5) is 20.8. The first-order valence-electron chi connectivity index (χ1n) is 5.79. The molecule has 0 aliphatic heterocycles. The average molecular weight is 246 g/mol. The Labute approximate surface area is 105 Å². The largest absolute Gasteiger partial charge is 0.460 e. The van der Waals surface area contributed by atoms with Crippen molar-refractivity contribution in [2.75, 3.05) is 0 Å². The van der Waals surface area contributed by atoms with E-state index in [2.05, 4.69) is 0 Å². The highest BCUT2D eigenvalue weighted by molar-refractivity contribution is 5.69. The fourth-order valence-electron chi connectivity index (χ4n) is 0.845. The van der Waals surface area contributed by atoms with Crippen LogP contribution in [0, 0.1) is 0 Å². The predicted molar refractivity (Wildman–Crippen MR) is 67.7 cm³/mol. The van der Waals surface area contributed by atoms with E-state index >= 15 is 0 Å². The SMILES string of the molecule is CC(=O)OC(C)(C)C.CCC(=O)OC(C)(C)C. The standard InChI is InChI=1S/C7H14O2.C6H12O2/c1-5-6(8)9-7(2,3)4;1-5(7)8-6(2,3)4/h5H2,1-4H3;1-4H3. The summed E-state index contributed by atoms with van der Waals surface area (Å²) in [5.41, 5.74) is -0.654. The van der Waals surface area contributed by atoms with Gasteiger partial charge in [-0.1, -0.05) is 6.92 Å². The summed E-state index contributed by atoms with van der Waals surface area (Å²) in [5.74, 6) is -0.361. The third-order valence-electron chi connectivity index (χ3n) is 1.16. The quantitative estimate of drug-likeness (QED) is 0.667. The van der Waals surface area contributed by atoms with Crippen LogP contribution in [0.4, 0.5) is 0 Å². The van der Waals surface area contributed by atoms with Crippen molar-refractivity contribution in [3.05, 3.63) is 0 Å². The number of hydrogen-bond donors (Lipinski definition) is 0. The molecular weight excluding hydrogens is 220 g/mol. The van der Waals surface area contributed by atoms with Crippen LogP contribution in [0.15, 0.2) is 0 Å². The zero-order valence-corrected chi connectivity index (χ0v) is 12.3. The van der Waals surface area contributed by atoms with Crippen LogP contribution < -0.4 is 0 Å². The number of ether oxygens (including phenoxy) is 2. The van der Waals surface area contributed by atoms with Crippen LogP contribution in [0.1, 0.15) is 61.8 Å². The third-order valence-corrected chi connectivity index (χ3v) is 1.16. The molecule has 0 unspecified atom stereocenters. The number of esters is 2. The van der Waals surface area contributed by atoms with Crippen molar-refractivity contribution in [3.63, 3.8) is 0 Å². The Bertz CT molecular complexity index is 243. The molecule has 4 nitrogen and oxygen atoms in total. The molecule has 0 radical (unpaired) electrons. The Morgan fingerprint density at radius 3 is 1.29 bits per heavy atom. The van der Waals surface area contributed by atoms with Crippen LogP contribution >= 0.6 is 0 Å². The van der Waals surface area contributed by atoms with E-state index in [9.17, 15) is 9.59 Å². The molecule has 0 aromatic carbocycles. The van der Waals surface area contributed by atoms with Crippen molar-refractivity contribution in [1.82, 2.24) is 0 Å². The highest BCUT2D eigenvalue weighted by atomic mass is 16.6. The summed E-state index contributed by atoms with van der Waals surface area (Å²) >= 11 is 0. The van der Waals surface area contributed by atoms with Crippen molar-refractivity contribution in [1.29, 1.82) is 0 Å². The molecule has 0 N–H and O–H groups in total. The van der Waals surface area contributed by atoms with Crippen molar-refractivity contribution in [3.8, 4) is 0 Å². The molecule has 0 aliphatic carbocycles. The Morgan fingerprint density at radius 2 is 1.24 bits per heavy atom. The van der Waals surface area contributed by atoms with E-state index in [0.29, 0.717) is 6.42 Å². The second kappa shape index (κ2) is 7.30. The van der Waals surface area contributed by atoms with Gasteiger partial charge in [-0.05, 0) is 41.5 Å². The summed E-state index contributed by atoms with van der Waals surface area (Å²) in [6.45, 7) is 14.3. The van der Waals surface area contributed by atoms with E-state index in [-0.39, 0.29) is 23.1 Å². The maximum absolute atomic E-state index is 10.6. The minimum atomic E-state index is -0.328. The van der Waals surface area contributed by atoms with Crippen molar-refractivity contribution < 1.29 is 19.1 Å². The van der Waals surface area contributed by atoms with Gasteiger partial charge >= 0.3 is 11.9 Å². The fraction of sp³-hybridized carbons (Fsp3) is 0.846. The number of carbonyl (C=O) groups is 2. The summed E-state index contributed by atoms with van der Waals surface area (Å²) in [7, 11) is 0. The normalized spacial score (nSPS) is 11.1. The minimum Gasteiger partial charge on any atom is -0.460 e. The molecule has 0 spiro atoms. The molecule has 0 aliphatic rings. The molecular formula is C13H26O4. The van der Waals surface area contributed by atoms with Gasteiger partial charge < -0.3 is 9.47 Å². The topological polar surface area (TPSA) is 52.6 Å². The first-order chi connectivity index (χ1) is 7.37. The number of hydrogen-bond acceptors (Lipinski definition) is 4. The van der Waals surface area contributed by atoms with Crippen molar-refractivity contribution in [2.45, 2.75) is 73.0 Å². The van der Waals surface area contributed by atoms with E-state index in [1.54, 1.807) is 6.92 Å². The second-order valence-electron chi connectivity index (χ2n) is 5.65. The van der Waals surface area contributed by atoms with Crippen LogP contribution in [0.5, 0.6) is 0 Å². The molecule has 0 rings (SSSR count). The van der Waals surface area contributed by atoms with Crippen molar-refractivity contribution >= 4 is 11.9 Å². The molecule has 0 atom stereocenters. The van der Waals surface area contributed by atoms with Gasteiger partial charge in [0.1, 0.15) is 11.2 Å². The van der Waals surface area contributed by atoms with E-state index in [0.717, 1.165) is 0 Å². The highest BCUT2D eigenvalue weighted by Crippen LogP contribution is 2.07. The molecule has 0 saturated heterocycles. The van der Waals surface area contributed by atoms with Crippen LogP contribution in [-0.2, 0) is 19.1 Å². The van der Waals surface area contributed by atoms with Crippen LogP contribution in [0.25, 0.3) is 0 Å². The smallest absolute Gasteiger partial charge is 0.306 e. The lowest BCUT2D eigenvalue weighted by atomic mass is 10.2. The Kier molecular flexibility index (Phi) is 7.86. The Hall–Kier alpha value is -1.06. The highest BCUT2D eigenvalue weighted by Gasteiger charge is 2.13. The average Bonchev–Trinajstić information content (AvgIpc) is 1.96. The van der Waals surface area contributed by atoms with E-state index in [4.69, 9.17) is 9.47 Å². The number of rotatable bonds is 1. The lowest BCUT2D eigenvalue weighted by Crippen LogP contribution is -2.23. The minimum absolute atomic E-state index is 0.137. The monoisotopic (exact) mass is 246 g/mol. The first kappa shape index (κ1) is 18.3. The molecule has 17 heavy (non-hydrogen) atoms. The van der Waals surface area contributed by atoms with Gasteiger partial charge in [-0.15, -0.1) is 0 Å². The molecule has 102 valence electrons. The van der Waals surface area contributed by atoms with Gasteiger partial charge in [0.25, 0.3) is 0 Å². The van der Waals surface area contributed by atoms with E-state index in [1.165, 1.54) is 6.92 Å². The van der Waals surface area contributed by atoms with Gasteiger partial charge in [0.05, 0.1) is 0 Å². The molecule has 0 fully saturated rings. The zero-order valence-electron chi connectivity index (χ0n) is 12.3. The van der Waals surface area contributed by atoms with Crippen LogP contribution in [0.2, 0.25) is 0 Å². The summed E-state index contributed by atoms with van der Waals surface area (Å²) < 4.78 is 9.75. The maximum Gasteiger partial charge on any atom is 0.306 e. The van der Waals surface area contributed by atoms with Gasteiger partial charge in [0.2, 0.25) is 0 Å². The molecule has 0 aromatic rings. The van der Waals surface area contributed by atoms with Crippen LogP contribution in [0.3, 0.4) is 0 Å². The Morgan fingerprint density at radius 1 is 0.882 bits per heavy atom. The van der Waals surface area contributed by atoms with Crippen LogP contribution in [-0.4, -0.2) is 23.1 Å². The molecule has 4 heteroatoms. The maximum atomic E-state index is 10.6. The van der Waals surface area contributed by atoms with Gasteiger partial charge in [-0.2, -0.15) is 0 Å². The Balaban J connectivity index is 0. The van der Waals surface area contributed by atoms with Gasteiger partial charge in [-0.25, -0.2) is 0 Å². The molecule has 0 amide bonds. The molecule has 0 heterocycles. The second-order valence-corrected chi connectivity index (χ2v) is 5.65. The van der Waals surface area contributed by atoms with E-state index in [1.807, 2.05) is 41.5 Å². The van der Waals surface area contributed by atoms with Gasteiger partial charge in [0.15, 0.2) is 0 Å². The predicted octanol–water partition coefficient (Wildman–Crippen LogP) is 3.09.